The van der Waals surface area contributed by atoms with E-state index in [1.165, 1.54) is 6.07 Å². The Bertz CT molecular complexity index is 538. The number of nitrogens with zero attached hydrogens (tertiary/aromatic N) is 4. The number of quaternary nitrogens is 1. The van der Waals surface area contributed by atoms with Crippen molar-refractivity contribution in [3.63, 3.8) is 0 Å². The number of anilines is 1. The van der Waals surface area contributed by atoms with Gasteiger partial charge >= 0.3 is 6.18 Å². The molecule has 0 saturated carbocycles. The predicted molar refractivity (Wildman–Crippen MR) is 79.4 cm³/mol. The van der Waals surface area contributed by atoms with Crippen molar-refractivity contribution in [1.82, 2.24) is 9.97 Å². The van der Waals surface area contributed by atoms with Crippen LogP contribution in [0.2, 0.25) is 0 Å². The molecule has 2 aliphatic rings. The molecule has 0 spiro atoms. The second-order valence-corrected chi connectivity index (χ2v) is 6.56. The lowest BCUT2D eigenvalue weighted by atomic mass is 9.96. The van der Waals surface area contributed by atoms with Crippen LogP contribution < -0.4 is 4.90 Å². The molecule has 0 aromatic carbocycles. The Hall–Kier alpha value is -1.41. The number of rotatable bonds is 3. The number of piperidine rings is 1. The highest BCUT2D eigenvalue weighted by atomic mass is 19.4. The Morgan fingerprint density at radius 3 is 2.48 bits per heavy atom. The van der Waals surface area contributed by atoms with Gasteiger partial charge < -0.3 is 14.8 Å². The molecule has 2 aliphatic heterocycles. The summed E-state index contributed by atoms with van der Waals surface area (Å²) in [7, 11) is 0. The van der Waals surface area contributed by atoms with Crippen molar-refractivity contribution >= 4 is 5.82 Å². The molecule has 8 heteroatoms. The fraction of sp³-hybridized carbons (Fsp3) is 0.733. The van der Waals surface area contributed by atoms with E-state index < -0.39 is 12.0 Å². The van der Waals surface area contributed by atoms with E-state index in [1.54, 1.807) is 0 Å². The molecule has 0 radical (unpaired) electrons. The third-order valence-electron chi connectivity index (χ3n) is 4.81. The normalized spacial score (nSPS) is 22.5. The molecule has 0 amide bonds. The molecule has 0 atom stereocenters. The van der Waals surface area contributed by atoms with Crippen molar-refractivity contribution in [2.75, 3.05) is 37.6 Å². The molecule has 0 aliphatic carbocycles. The van der Waals surface area contributed by atoms with Gasteiger partial charge in [0.1, 0.15) is 5.82 Å². The first-order valence-corrected chi connectivity index (χ1v) is 8.08. The molecule has 2 saturated heterocycles. The van der Waals surface area contributed by atoms with Gasteiger partial charge in [0.05, 0.1) is 19.6 Å². The highest BCUT2D eigenvalue weighted by Crippen LogP contribution is 2.30. The number of halogens is 3. The summed E-state index contributed by atoms with van der Waals surface area (Å²) in [5, 5.41) is 12.5. The number of hydroxylamine groups is 3. The summed E-state index contributed by atoms with van der Waals surface area (Å²) in [5.41, 5.74) is 0. The average Bonchev–Trinajstić information content (AvgIpc) is 2.94. The number of hydrogen-bond acceptors (Lipinski definition) is 4. The second-order valence-electron chi connectivity index (χ2n) is 6.56. The quantitative estimate of drug-likeness (QED) is 0.632. The van der Waals surface area contributed by atoms with Gasteiger partial charge in [0.25, 0.3) is 0 Å². The molecule has 2 fully saturated rings. The molecule has 23 heavy (non-hydrogen) atoms. The standard InChI is InChI=1S/C15H21F3N4O/c16-15(17,18)14-19-6-3-13(20-14)21-7-4-12(5-8-21)11-22(23)9-1-2-10-22/h3,6,12H,1-2,4-5,7-11H2. The highest BCUT2D eigenvalue weighted by molar-refractivity contribution is 5.38. The molecule has 1 aromatic rings. The van der Waals surface area contributed by atoms with Gasteiger partial charge in [-0.25, -0.2) is 9.97 Å². The first kappa shape index (κ1) is 16.4. The lowest BCUT2D eigenvalue weighted by Crippen LogP contribution is -2.46. The summed E-state index contributed by atoms with van der Waals surface area (Å²) in [5.74, 6) is -0.429. The van der Waals surface area contributed by atoms with Crippen LogP contribution in [-0.4, -0.2) is 47.3 Å². The van der Waals surface area contributed by atoms with Crippen molar-refractivity contribution in [2.24, 2.45) is 5.92 Å². The fourth-order valence-electron chi connectivity index (χ4n) is 3.57. The van der Waals surface area contributed by atoms with Crippen molar-refractivity contribution in [3.05, 3.63) is 23.3 Å². The zero-order chi connectivity index (χ0) is 16.5. The fourth-order valence-corrected chi connectivity index (χ4v) is 3.57. The van der Waals surface area contributed by atoms with E-state index in [-0.39, 0.29) is 4.65 Å². The van der Waals surface area contributed by atoms with E-state index in [2.05, 4.69) is 9.97 Å². The van der Waals surface area contributed by atoms with Crippen LogP contribution in [0.4, 0.5) is 19.0 Å². The van der Waals surface area contributed by atoms with E-state index in [9.17, 15) is 18.4 Å². The van der Waals surface area contributed by atoms with Crippen molar-refractivity contribution < 1.29 is 17.8 Å². The molecule has 0 bridgehead atoms. The van der Waals surface area contributed by atoms with Crippen LogP contribution in [0.3, 0.4) is 0 Å². The predicted octanol–water partition coefficient (Wildman–Crippen LogP) is 2.82. The number of hydrogen-bond donors (Lipinski definition) is 0. The second kappa shape index (κ2) is 6.24. The van der Waals surface area contributed by atoms with Gasteiger partial charge in [-0.15, -0.1) is 0 Å². The molecular weight excluding hydrogens is 309 g/mol. The molecule has 5 nitrogen and oxygen atoms in total. The Kier molecular flexibility index (Phi) is 4.46. The first-order chi connectivity index (χ1) is 10.9. The minimum absolute atomic E-state index is 0.0869. The van der Waals surface area contributed by atoms with E-state index in [4.69, 9.17) is 0 Å². The third kappa shape index (κ3) is 3.92. The minimum Gasteiger partial charge on any atom is -0.633 e. The average molecular weight is 330 g/mol. The largest absolute Gasteiger partial charge is 0.633 e. The summed E-state index contributed by atoms with van der Waals surface area (Å²) >= 11 is 0. The third-order valence-corrected chi connectivity index (χ3v) is 4.81. The lowest BCUT2D eigenvalue weighted by molar-refractivity contribution is -0.871. The van der Waals surface area contributed by atoms with Crippen molar-refractivity contribution in [3.8, 4) is 0 Å². The monoisotopic (exact) mass is 330 g/mol. The maximum Gasteiger partial charge on any atom is 0.451 e. The molecule has 3 rings (SSSR count). The molecular formula is C15H21F3N4O. The zero-order valence-corrected chi connectivity index (χ0v) is 12.9. The van der Waals surface area contributed by atoms with Crippen LogP contribution in [0.15, 0.2) is 12.3 Å². The SMILES string of the molecule is [O-][N+]1(CC2CCN(c3ccnc(C(F)(F)F)n3)CC2)CCCC1. The van der Waals surface area contributed by atoms with Gasteiger partial charge in [0.2, 0.25) is 5.82 Å². The lowest BCUT2D eigenvalue weighted by Gasteiger charge is -2.43. The molecule has 0 N–H and O–H groups in total. The maximum atomic E-state index is 12.7. The zero-order valence-electron chi connectivity index (χ0n) is 12.9. The van der Waals surface area contributed by atoms with Gasteiger partial charge in [-0.2, -0.15) is 13.2 Å². The van der Waals surface area contributed by atoms with Crippen molar-refractivity contribution in [1.29, 1.82) is 0 Å². The summed E-state index contributed by atoms with van der Waals surface area (Å²) in [6.07, 6.45) is 0.288. The smallest absolute Gasteiger partial charge is 0.451 e. The Balaban J connectivity index is 1.59. The number of likely N-dealkylation sites (tertiary alicyclic amines) is 1. The summed E-state index contributed by atoms with van der Waals surface area (Å²) in [4.78, 5) is 8.78. The van der Waals surface area contributed by atoms with Crippen LogP contribution in [0, 0.1) is 11.1 Å². The van der Waals surface area contributed by atoms with Crippen LogP contribution in [0.25, 0.3) is 0 Å². The van der Waals surface area contributed by atoms with Crippen LogP contribution in [-0.2, 0) is 6.18 Å². The maximum absolute atomic E-state index is 12.7. The van der Waals surface area contributed by atoms with Gasteiger partial charge in [-0.3, -0.25) is 0 Å². The van der Waals surface area contributed by atoms with Gasteiger partial charge in [-0.1, -0.05) is 0 Å². The molecule has 0 unspecified atom stereocenters. The van der Waals surface area contributed by atoms with E-state index >= 15 is 0 Å². The van der Waals surface area contributed by atoms with Crippen molar-refractivity contribution in [2.45, 2.75) is 31.9 Å². The van der Waals surface area contributed by atoms with Gasteiger partial charge in [-0.05, 0) is 18.9 Å². The number of alkyl halides is 3. The summed E-state index contributed by atoms with van der Waals surface area (Å²) < 4.78 is 38.0. The van der Waals surface area contributed by atoms with Crippen LogP contribution >= 0.6 is 0 Å². The Morgan fingerprint density at radius 1 is 1.22 bits per heavy atom. The van der Waals surface area contributed by atoms with E-state index in [1.807, 2.05) is 4.90 Å². The Morgan fingerprint density at radius 2 is 1.87 bits per heavy atom. The molecule has 3 heterocycles. The van der Waals surface area contributed by atoms with E-state index in [0.29, 0.717) is 44.5 Å². The van der Waals surface area contributed by atoms with Gasteiger partial charge in [0.15, 0.2) is 0 Å². The van der Waals surface area contributed by atoms with E-state index in [0.717, 1.165) is 31.9 Å². The minimum atomic E-state index is -4.52. The van der Waals surface area contributed by atoms with Crippen LogP contribution in [0.1, 0.15) is 31.5 Å². The summed E-state index contributed by atoms with van der Waals surface area (Å²) in [6.45, 7) is 3.34. The summed E-state index contributed by atoms with van der Waals surface area (Å²) in [6, 6.07) is 1.51. The molecule has 1 aromatic heterocycles. The van der Waals surface area contributed by atoms with Crippen LogP contribution in [0.5, 0.6) is 0 Å². The number of aromatic nitrogens is 2. The highest BCUT2D eigenvalue weighted by Gasteiger charge is 2.35. The van der Waals surface area contributed by atoms with Gasteiger partial charge in [0, 0.05) is 38.0 Å². The topological polar surface area (TPSA) is 52.1 Å². The first-order valence-electron chi connectivity index (χ1n) is 8.08. The molecule has 128 valence electrons. The Labute approximate surface area is 133 Å².